The molecule has 0 spiro atoms. The smallest absolute Gasteiger partial charge is 0.239 e. The van der Waals surface area contributed by atoms with E-state index in [9.17, 15) is 10.1 Å². The summed E-state index contributed by atoms with van der Waals surface area (Å²) in [5.74, 6) is 0.519. The van der Waals surface area contributed by atoms with Gasteiger partial charge in [-0.2, -0.15) is 5.26 Å². The van der Waals surface area contributed by atoms with Crippen LogP contribution in [-0.2, 0) is 10.3 Å². The van der Waals surface area contributed by atoms with E-state index in [1.54, 1.807) is 19.3 Å². The molecule has 0 saturated carbocycles. The minimum Gasteiger partial charge on any atom is -0.454 e. The van der Waals surface area contributed by atoms with Crippen LogP contribution in [0, 0.1) is 16.7 Å². The lowest BCUT2D eigenvalue weighted by Gasteiger charge is -2.45. The van der Waals surface area contributed by atoms with Gasteiger partial charge in [-0.25, -0.2) is 0 Å². The number of amides is 1. The summed E-state index contributed by atoms with van der Waals surface area (Å²) in [6, 6.07) is 11.4. The predicted molar refractivity (Wildman–Crippen MR) is 119 cm³/mol. The monoisotopic (exact) mass is 445 g/mol. The summed E-state index contributed by atoms with van der Waals surface area (Å²) < 4.78 is 10.9. The molecule has 1 saturated heterocycles. The highest BCUT2D eigenvalue weighted by atomic mass is 32.1. The maximum atomic E-state index is 13.4. The van der Waals surface area contributed by atoms with Crippen molar-refractivity contribution in [1.82, 2.24) is 15.2 Å². The van der Waals surface area contributed by atoms with E-state index in [1.807, 2.05) is 36.6 Å². The van der Waals surface area contributed by atoms with Gasteiger partial charge in [0.2, 0.25) is 12.7 Å². The van der Waals surface area contributed by atoms with Gasteiger partial charge in [0, 0.05) is 29.9 Å². The van der Waals surface area contributed by atoms with E-state index in [2.05, 4.69) is 16.4 Å². The fourth-order valence-electron chi connectivity index (χ4n) is 4.14. The highest BCUT2D eigenvalue weighted by molar-refractivity contribution is 7.10. The van der Waals surface area contributed by atoms with Gasteiger partial charge in [-0.05, 0) is 47.7 Å². The van der Waals surface area contributed by atoms with Crippen molar-refractivity contribution in [3.63, 3.8) is 0 Å². The summed E-state index contributed by atoms with van der Waals surface area (Å²) in [5, 5.41) is 22.8. The minimum absolute atomic E-state index is 0.0394. The molecule has 9 heteroatoms. The molecule has 0 radical (unpaired) electrons. The van der Waals surface area contributed by atoms with Crippen molar-refractivity contribution in [1.29, 1.82) is 10.7 Å². The number of carbonyl (C=O) groups excluding carboxylic acids is 1. The van der Waals surface area contributed by atoms with E-state index in [0.717, 1.165) is 21.6 Å². The van der Waals surface area contributed by atoms with Gasteiger partial charge in [-0.3, -0.25) is 20.1 Å². The molecule has 160 valence electrons. The molecule has 1 unspecified atom stereocenters. The number of ether oxygens (including phenoxy) is 2. The first-order valence-electron chi connectivity index (χ1n) is 9.89. The number of fused-ring (bicyclic) bond motifs is 1. The first-order chi connectivity index (χ1) is 15.4. The van der Waals surface area contributed by atoms with Crippen molar-refractivity contribution in [3.8, 4) is 28.7 Å². The SMILES string of the molecule is CN1C(=N)N[C@](C)(c2cc(-c3cncc(C#N)c3)cs2)C(c2ccc3c(c2)OCO3)C1=O. The number of guanidine groups is 1. The van der Waals surface area contributed by atoms with Crippen molar-refractivity contribution in [3.05, 3.63) is 64.1 Å². The number of likely N-dealkylation sites (N-methyl/N-ethyl adjacent to an activating group) is 1. The Morgan fingerprint density at radius 2 is 2.06 bits per heavy atom. The zero-order valence-electron chi connectivity index (χ0n) is 17.4. The molecule has 3 aromatic rings. The van der Waals surface area contributed by atoms with Crippen LogP contribution in [0.3, 0.4) is 0 Å². The predicted octanol–water partition coefficient (Wildman–Crippen LogP) is 3.41. The molecule has 0 aliphatic carbocycles. The Bertz CT molecular complexity index is 1300. The van der Waals surface area contributed by atoms with Crippen LogP contribution in [0.1, 0.15) is 28.8 Å². The van der Waals surface area contributed by atoms with Crippen LogP contribution in [0.5, 0.6) is 11.5 Å². The lowest BCUT2D eigenvalue weighted by atomic mass is 9.76. The number of aromatic nitrogens is 1. The molecule has 8 nitrogen and oxygen atoms in total. The number of nitrogens with zero attached hydrogens (tertiary/aromatic N) is 3. The molecule has 1 fully saturated rings. The molecule has 32 heavy (non-hydrogen) atoms. The zero-order valence-corrected chi connectivity index (χ0v) is 18.2. The summed E-state index contributed by atoms with van der Waals surface area (Å²) in [4.78, 5) is 19.8. The number of carbonyl (C=O) groups is 1. The van der Waals surface area contributed by atoms with Crippen LogP contribution < -0.4 is 14.8 Å². The van der Waals surface area contributed by atoms with Gasteiger partial charge >= 0.3 is 0 Å². The molecule has 4 heterocycles. The Morgan fingerprint density at radius 1 is 1.25 bits per heavy atom. The summed E-state index contributed by atoms with van der Waals surface area (Å²) in [6.45, 7) is 2.09. The minimum atomic E-state index is -0.864. The topological polar surface area (TPSA) is 111 Å². The van der Waals surface area contributed by atoms with E-state index >= 15 is 0 Å². The van der Waals surface area contributed by atoms with Gasteiger partial charge in [0.1, 0.15) is 6.07 Å². The molecule has 2 aliphatic heterocycles. The van der Waals surface area contributed by atoms with Gasteiger partial charge in [0.25, 0.3) is 0 Å². The Balaban J connectivity index is 1.60. The van der Waals surface area contributed by atoms with Gasteiger partial charge in [0.05, 0.1) is 17.0 Å². The summed E-state index contributed by atoms with van der Waals surface area (Å²) in [6.07, 6.45) is 3.23. The third-order valence-electron chi connectivity index (χ3n) is 5.91. The first-order valence-corrected chi connectivity index (χ1v) is 10.8. The molecule has 2 aromatic heterocycles. The highest BCUT2D eigenvalue weighted by Crippen LogP contribution is 2.46. The molecule has 1 amide bonds. The number of rotatable bonds is 3. The number of thiophene rings is 1. The number of hydrogen-bond donors (Lipinski definition) is 2. The molecule has 2 N–H and O–H groups in total. The lowest BCUT2D eigenvalue weighted by molar-refractivity contribution is -0.131. The average Bonchev–Trinajstić information content (AvgIpc) is 3.47. The molecule has 1 aromatic carbocycles. The Kier molecular flexibility index (Phi) is 4.60. The first kappa shape index (κ1) is 20.0. The van der Waals surface area contributed by atoms with E-state index in [0.29, 0.717) is 17.1 Å². The average molecular weight is 446 g/mol. The quantitative estimate of drug-likeness (QED) is 0.639. The largest absolute Gasteiger partial charge is 0.454 e. The van der Waals surface area contributed by atoms with E-state index in [1.165, 1.54) is 22.4 Å². The van der Waals surface area contributed by atoms with Crippen molar-refractivity contribution in [2.75, 3.05) is 13.8 Å². The maximum absolute atomic E-state index is 13.4. The van der Waals surface area contributed by atoms with E-state index < -0.39 is 11.5 Å². The summed E-state index contributed by atoms with van der Waals surface area (Å²) in [7, 11) is 1.59. The molecular formula is C23H19N5O3S. The van der Waals surface area contributed by atoms with Crippen molar-refractivity contribution >= 4 is 23.2 Å². The lowest BCUT2D eigenvalue weighted by Crippen LogP contribution is -2.62. The van der Waals surface area contributed by atoms with Crippen LogP contribution in [0.25, 0.3) is 11.1 Å². The third-order valence-corrected chi connectivity index (χ3v) is 7.08. The maximum Gasteiger partial charge on any atom is 0.239 e. The highest BCUT2D eigenvalue weighted by Gasteiger charge is 2.49. The fourth-order valence-corrected chi connectivity index (χ4v) is 5.21. The fraction of sp³-hybridized carbons (Fsp3) is 0.217. The van der Waals surface area contributed by atoms with Crippen molar-refractivity contribution < 1.29 is 14.3 Å². The standard InChI is InChI=1S/C23H19N5O3S/c1-23(19-7-16(11-32-19)15-5-13(8-24)9-26-10-15)20(21(29)28(2)22(25)27-23)14-3-4-17-18(6-14)31-12-30-17/h3-7,9-11,20H,12H2,1-2H3,(H2,25,27)/t20?,23-/m1/s1. The molecule has 5 rings (SSSR count). The number of nitriles is 1. The Morgan fingerprint density at radius 3 is 2.88 bits per heavy atom. The number of nitrogens with one attached hydrogen (secondary N) is 2. The third kappa shape index (κ3) is 3.08. The van der Waals surface area contributed by atoms with Gasteiger partial charge in [-0.15, -0.1) is 11.3 Å². The second-order valence-corrected chi connectivity index (χ2v) is 8.80. The van der Waals surface area contributed by atoms with Crippen molar-refractivity contribution in [2.24, 2.45) is 0 Å². The normalized spacial score (nSPS) is 21.9. The summed E-state index contributed by atoms with van der Waals surface area (Å²) in [5.41, 5.74) is 2.12. The molecule has 2 aliphatic rings. The van der Waals surface area contributed by atoms with Crippen LogP contribution in [0.4, 0.5) is 0 Å². The van der Waals surface area contributed by atoms with Crippen LogP contribution in [0.2, 0.25) is 0 Å². The van der Waals surface area contributed by atoms with Crippen LogP contribution in [0.15, 0.2) is 48.1 Å². The number of hydrogen-bond acceptors (Lipinski definition) is 7. The molecule has 0 bridgehead atoms. The van der Waals surface area contributed by atoms with Crippen molar-refractivity contribution in [2.45, 2.75) is 18.4 Å². The van der Waals surface area contributed by atoms with E-state index in [-0.39, 0.29) is 18.7 Å². The van der Waals surface area contributed by atoms with Gasteiger partial charge in [-0.1, -0.05) is 6.07 Å². The number of benzene rings is 1. The second-order valence-electron chi connectivity index (χ2n) is 7.89. The molecule has 2 atom stereocenters. The summed E-state index contributed by atoms with van der Waals surface area (Å²) >= 11 is 1.50. The van der Waals surface area contributed by atoms with Gasteiger partial charge in [0.15, 0.2) is 17.5 Å². The van der Waals surface area contributed by atoms with E-state index in [4.69, 9.17) is 14.9 Å². The molecular weight excluding hydrogens is 426 g/mol. The van der Waals surface area contributed by atoms with Gasteiger partial charge < -0.3 is 14.8 Å². The second kappa shape index (κ2) is 7.35. The Hall–Kier alpha value is -3.90. The Labute approximate surface area is 188 Å². The zero-order chi connectivity index (χ0) is 22.5. The van der Waals surface area contributed by atoms with Crippen LogP contribution >= 0.6 is 11.3 Å². The van der Waals surface area contributed by atoms with Crippen LogP contribution in [-0.4, -0.2) is 35.6 Å². The number of pyridine rings is 1.